The number of rotatable bonds is 8. The van der Waals surface area contributed by atoms with Gasteiger partial charge in [-0.05, 0) is 26.7 Å². The molecule has 0 unspecified atom stereocenters. The molecule has 1 fully saturated rings. The van der Waals surface area contributed by atoms with Crippen molar-refractivity contribution >= 4 is 11.9 Å². The van der Waals surface area contributed by atoms with E-state index >= 15 is 0 Å². The summed E-state index contributed by atoms with van der Waals surface area (Å²) in [5.74, 6) is -1.05. The van der Waals surface area contributed by atoms with Gasteiger partial charge in [0.2, 0.25) is 0 Å². The molecule has 126 valence electrons. The lowest BCUT2D eigenvalue weighted by molar-refractivity contribution is -0.151. The van der Waals surface area contributed by atoms with E-state index in [1.165, 1.54) is 0 Å². The Labute approximate surface area is 132 Å². The van der Waals surface area contributed by atoms with Crippen molar-refractivity contribution in [3.63, 3.8) is 0 Å². The Bertz CT molecular complexity index is 386. The van der Waals surface area contributed by atoms with Gasteiger partial charge >= 0.3 is 11.9 Å². The lowest BCUT2D eigenvalue weighted by atomic mass is 10.1. The van der Waals surface area contributed by atoms with Crippen LogP contribution in [0.2, 0.25) is 0 Å². The Morgan fingerprint density at radius 2 is 1.82 bits per heavy atom. The van der Waals surface area contributed by atoms with E-state index in [1.807, 2.05) is 20.8 Å². The summed E-state index contributed by atoms with van der Waals surface area (Å²) in [5.41, 5.74) is -0.524. The van der Waals surface area contributed by atoms with E-state index in [-0.39, 0.29) is 0 Å². The molecule has 0 spiro atoms. The van der Waals surface area contributed by atoms with Gasteiger partial charge in [-0.2, -0.15) is 0 Å². The maximum Gasteiger partial charge on any atom is 0.331 e. The zero-order valence-corrected chi connectivity index (χ0v) is 13.8. The van der Waals surface area contributed by atoms with Gasteiger partial charge in [-0.1, -0.05) is 6.92 Å². The summed E-state index contributed by atoms with van der Waals surface area (Å²) in [4.78, 5) is 25.3. The van der Waals surface area contributed by atoms with Crippen LogP contribution in [0.5, 0.6) is 0 Å². The molecule has 22 heavy (non-hydrogen) atoms. The SMILES string of the molecule is CCC(C)(C)OC(=O)C=CC(=O)OCCCN1CCOCC1. The molecule has 1 rings (SSSR count). The van der Waals surface area contributed by atoms with Crippen LogP contribution in [-0.2, 0) is 23.8 Å². The molecule has 0 N–H and O–H groups in total. The van der Waals surface area contributed by atoms with Crippen LogP contribution < -0.4 is 0 Å². The van der Waals surface area contributed by atoms with Gasteiger partial charge in [0.1, 0.15) is 5.60 Å². The molecular weight excluding hydrogens is 286 g/mol. The highest BCUT2D eigenvalue weighted by molar-refractivity contribution is 5.91. The number of esters is 2. The highest BCUT2D eigenvalue weighted by atomic mass is 16.6. The zero-order chi connectivity index (χ0) is 16.4. The third-order valence-electron chi connectivity index (χ3n) is 3.55. The molecular formula is C16H27NO5. The fourth-order valence-corrected chi connectivity index (χ4v) is 1.85. The third kappa shape index (κ3) is 8.14. The molecule has 0 saturated carbocycles. The average Bonchev–Trinajstić information content (AvgIpc) is 2.50. The first kappa shape index (κ1) is 18.6. The highest BCUT2D eigenvalue weighted by Gasteiger charge is 2.18. The van der Waals surface area contributed by atoms with Crippen molar-refractivity contribution in [3.05, 3.63) is 12.2 Å². The van der Waals surface area contributed by atoms with Gasteiger partial charge in [0.15, 0.2) is 0 Å². The van der Waals surface area contributed by atoms with Crippen molar-refractivity contribution in [1.82, 2.24) is 4.90 Å². The number of hydrogen-bond donors (Lipinski definition) is 0. The van der Waals surface area contributed by atoms with Crippen molar-refractivity contribution in [2.45, 2.75) is 39.2 Å². The number of hydrogen-bond acceptors (Lipinski definition) is 6. The third-order valence-corrected chi connectivity index (χ3v) is 3.55. The number of ether oxygens (including phenoxy) is 3. The van der Waals surface area contributed by atoms with E-state index < -0.39 is 17.5 Å². The summed E-state index contributed by atoms with van der Waals surface area (Å²) in [5, 5.41) is 0. The van der Waals surface area contributed by atoms with Crippen LogP contribution in [0.4, 0.5) is 0 Å². The topological polar surface area (TPSA) is 65.1 Å². The molecule has 1 heterocycles. The van der Waals surface area contributed by atoms with Gasteiger partial charge in [0, 0.05) is 31.8 Å². The van der Waals surface area contributed by atoms with E-state index in [9.17, 15) is 9.59 Å². The van der Waals surface area contributed by atoms with E-state index in [1.54, 1.807) is 0 Å². The van der Waals surface area contributed by atoms with Crippen LogP contribution >= 0.6 is 0 Å². The Balaban J connectivity index is 2.14. The van der Waals surface area contributed by atoms with Crippen LogP contribution in [0.15, 0.2) is 12.2 Å². The number of nitrogens with zero attached hydrogens (tertiary/aromatic N) is 1. The van der Waals surface area contributed by atoms with Gasteiger partial charge < -0.3 is 14.2 Å². The molecule has 0 atom stereocenters. The largest absolute Gasteiger partial charge is 0.462 e. The van der Waals surface area contributed by atoms with E-state index in [2.05, 4.69) is 4.90 Å². The minimum absolute atomic E-state index is 0.343. The second-order valence-corrected chi connectivity index (χ2v) is 5.84. The number of carbonyl (C=O) groups excluding carboxylic acids is 2. The molecule has 0 radical (unpaired) electrons. The van der Waals surface area contributed by atoms with Gasteiger partial charge in [-0.3, -0.25) is 4.90 Å². The zero-order valence-electron chi connectivity index (χ0n) is 13.8. The quantitative estimate of drug-likeness (QED) is 0.385. The van der Waals surface area contributed by atoms with Gasteiger partial charge in [-0.25, -0.2) is 9.59 Å². The molecule has 0 amide bonds. The minimum atomic E-state index is -0.530. The Kier molecular flexibility index (Phi) is 8.12. The molecule has 0 aromatic rings. The highest BCUT2D eigenvalue weighted by Crippen LogP contribution is 2.13. The first-order valence-corrected chi connectivity index (χ1v) is 7.81. The monoisotopic (exact) mass is 313 g/mol. The summed E-state index contributed by atoms with van der Waals surface area (Å²) in [6.45, 7) is 10.2. The normalized spacial score (nSPS) is 16.7. The fraction of sp³-hybridized carbons (Fsp3) is 0.750. The van der Waals surface area contributed by atoms with E-state index in [0.29, 0.717) is 13.0 Å². The smallest absolute Gasteiger partial charge is 0.331 e. The van der Waals surface area contributed by atoms with Crippen molar-refractivity contribution < 1.29 is 23.8 Å². The second-order valence-electron chi connectivity index (χ2n) is 5.84. The number of morpholine rings is 1. The van der Waals surface area contributed by atoms with Gasteiger partial charge in [0.25, 0.3) is 0 Å². The Morgan fingerprint density at radius 1 is 1.18 bits per heavy atom. The van der Waals surface area contributed by atoms with Crippen LogP contribution in [0.3, 0.4) is 0 Å². The Hall–Kier alpha value is -1.40. The maximum atomic E-state index is 11.5. The van der Waals surface area contributed by atoms with Crippen molar-refractivity contribution in [2.75, 3.05) is 39.5 Å². The molecule has 6 heteroatoms. The van der Waals surface area contributed by atoms with Crippen molar-refractivity contribution in [2.24, 2.45) is 0 Å². The fourth-order valence-electron chi connectivity index (χ4n) is 1.85. The van der Waals surface area contributed by atoms with Crippen molar-refractivity contribution in [3.8, 4) is 0 Å². The van der Waals surface area contributed by atoms with E-state index in [4.69, 9.17) is 14.2 Å². The summed E-state index contributed by atoms with van der Waals surface area (Å²) < 4.78 is 15.5. The molecule has 0 aromatic heterocycles. The molecule has 0 aromatic carbocycles. The molecule has 1 aliphatic rings. The van der Waals surface area contributed by atoms with Gasteiger partial charge in [-0.15, -0.1) is 0 Å². The van der Waals surface area contributed by atoms with Crippen LogP contribution in [-0.4, -0.2) is 61.9 Å². The molecule has 0 bridgehead atoms. The molecule has 1 aliphatic heterocycles. The summed E-state index contributed by atoms with van der Waals surface area (Å²) >= 11 is 0. The first-order chi connectivity index (χ1) is 10.4. The maximum absolute atomic E-state index is 11.5. The molecule has 6 nitrogen and oxygen atoms in total. The number of carbonyl (C=O) groups is 2. The average molecular weight is 313 g/mol. The van der Waals surface area contributed by atoms with Crippen LogP contribution in [0.1, 0.15) is 33.6 Å². The Morgan fingerprint density at radius 3 is 2.45 bits per heavy atom. The summed E-state index contributed by atoms with van der Waals surface area (Å²) in [6.07, 6.45) is 3.70. The lowest BCUT2D eigenvalue weighted by Gasteiger charge is -2.26. The second kappa shape index (κ2) is 9.58. The summed E-state index contributed by atoms with van der Waals surface area (Å²) in [6, 6.07) is 0. The molecule has 0 aliphatic carbocycles. The van der Waals surface area contributed by atoms with Gasteiger partial charge in [0.05, 0.1) is 19.8 Å². The van der Waals surface area contributed by atoms with Crippen LogP contribution in [0.25, 0.3) is 0 Å². The standard InChI is InChI=1S/C16H27NO5/c1-4-16(2,3)22-15(19)7-6-14(18)21-11-5-8-17-9-12-20-13-10-17/h6-7H,4-5,8-13H2,1-3H3. The predicted molar refractivity (Wildman–Crippen MR) is 82.4 cm³/mol. The lowest BCUT2D eigenvalue weighted by Crippen LogP contribution is -2.37. The van der Waals surface area contributed by atoms with Crippen LogP contribution in [0, 0.1) is 0 Å². The minimum Gasteiger partial charge on any atom is -0.462 e. The predicted octanol–water partition coefficient (Wildman–Crippen LogP) is 1.54. The summed E-state index contributed by atoms with van der Waals surface area (Å²) in [7, 11) is 0. The molecule has 1 saturated heterocycles. The van der Waals surface area contributed by atoms with Crippen molar-refractivity contribution in [1.29, 1.82) is 0 Å². The van der Waals surface area contributed by atoms with E-state index in [0.717, 1.165) is 51.4 Å². The first-order valence-electron chi connectivity index (χ1n) is 7.81.